The Bertz CT molecular complexity index is 1570. The number of hydrogen-bond donors (Lipinski definition) is 1. The number of aryl methyl sites for hydroxylation is 1. The van der Waals surface area contributed by atoms with Crippen molar-refractivity contribution in [3.05, 3.63) is 47.7 Å². The number of nitrogens with zero attached hydrogens (tertiary/aromatic N) is 5. The lowest BCUT2D eigenvalue weighted by Gasteiger charge is -2.38. The lowest BCUT2D eigenvalue weighted by Crippen LogP contribution is -2.48. The first-order valence-corrected chi connectivity index (χ1v) is 18.3. The van der Waals surface area contributed by atoms with Crippen LogP contribution >= 0.6 is 0 Å². The molecule has 6 rings (SSSR count). The number of aliphatic hydroxyl groups is 1. The Morgan fingerprint density at radius 3 is 2.47 bits per heavy atom. The number of rotatable bonds is 9. The molecular formula is C40H59N5O4. The smallest absolute Gasteiger partial charge is 0.319 e. The predicted octanol–water partition coefficient (Wildman–Crippen LogP) is 7.81. The first-order chi connectivity index (χ1) is 23.6. The molecule has 0 radical (unpaired) electrons. The largest absolute Gasteiger partial charge is 0.461 e. The number of methoxy groups -OCH3 is 1. The quantitative estimate of drug-likeness (QED) is 0.228. The van der Waals surface area contributed by atoms with Crippen molar-refractivity contribution < 1.29 is 19.4 Å². The fourth-order valence-corrected chi connectivity index (χ4v) is 7.86. The minimum absolute atomic E-state index is 0.0108. The molecule has 0 spiro atoms. The van der Waals surface area contributed by atoms with Gasteiger partial charge in [0, 0.05) is 43.6 Å². The highest BCUT2D eigenvalue weighted by Gasteiger charge is 2.49. The van der Waals surface area contributed by atoms with Gasteiger partial charge in [0.25, 0.3) is 0 Å². The fourth-order valence-electron chi connectivity index (χ4n) is 7.86. The van der Waals surface area contributed by atoms with Gasteiger partial charge < -0.3 is 24.3 Å². The highest BCUT2D eigenvalue weighted by molar-refractivity contribution is 5.95. The summed E-state index contributed by atoms with van der Waals surface area (Å²) in [6.07, 6.45) is 13.3. The highest BCUT2D eigenvalue weighted by Crippen LogP contribution is 2.43. The van der Waals surface area contributed by atoms with Crippen molar-refractivity contribution in [3.63, 3.8) is 0 Å². The van der Waals surface area contributed by atoms with Gasteiger partial charge in [-0.3, -0.25) is 9.88 Å². The number of carbonyl (C=O) groups is 1. The van der Waals surface area contributed by atoms with Crippen LogP contribution < -0.4 is 9.64 Å². The molecule has 2 aromatic heterocycles. The molecule has 0 saturated carbocycles. The molecule has 3 aromatic rings. The van der Waals surface area contributed by atoms with Crippen LogP contribution in [0.5, 0.6) is 6.01 Å². The van der Waals surface area contributed by atoms with Crippen molar-refractivity contribution in [1.29, 1.82) is 0 Å². The van der Waals surface area contributed by atoms with Crippen molar-refractivity contribution in [2.45, 2.75) is 117 Å². The first kappa shape index (κ1) is 38.4. The second kappa shape index (κ2) is 17.5. The van der Waals surface area contributed by atoms with E-state index in [1.165, 1.54) is 30.9 Å². The minimum atomic E-state index is -0.773. The number of β-amino-alcohol motifs (C(OH)–C–C–N with tert-alkyl or cyclic N) is 1. The average Bonchev–Trinajstić information content (AvgIpc) is 3.65. The van der Waals surface area contributed by atoms with E-state index in [0.717, 1.165) is 98.0 Å². The molecule has 3 aliphatic rings. The topological polar surface area (TPSA) is 101 Å². The Morgan fingerprint density at radius 1 is 1.08 bits per heavy atom. The van der Waals surface area contributed by atoms with Crippen molar-refractivity contribution in [2.75, 3.05) is 44.9 Å². The molecule has 9 nitrogen and oxygen atoms in total. The number of pyridine rings is 1. The summed E-state index contributed by atoms with van der Waals surface area (Å²) in [5, 5.41) is 11.9. The van der Waals surface area contributed by atoms with Crippen LogP contribution in [0, 0.1) is 6.92 Å². The van der Waals surface area contributed by atoms with Crippen LogP contribution in [0.15, 0.2) is 36.5 Å². The zero-order valence-corrected chi connectivity index (χ0v) is 31.2. The summed E-state index contributed by atoms with van der Waals surface area (Å²) in [5.41, 5.74) is 5.63. The number of anilines is 1. The van der Waals surface area contributed by atoms with E-state index in [1.54, 1.807) is 7.11 Å². The molecule has 3 aliphatic heterocycles. The maximum absolute atomic E-state index is 11.0. The van der Waals surface area contributed by atoms with Gasteiger partial charge in [0.05, 0.1) is 34.3 Å². The van der Waals surface area contributed by atoms with E-state index in [1.807, 2.05) is 13.1 Å². The molecule has 268 valence electrons. The number of aldehydes is 1. The van der Waals surface area contributed by atoms with E-state index in [0.29, 0.717) is 25.2 Å². The third kappa shape index (κ3) is 8.67. The molecule has 1 unspecified atom stereocenters. The van der Waals surface area contributed by atoms with Crippen LogP contribution in [0.1, 0.15) is 104 Å². The van der Waals surface area contributed by atoms with Crippen LogP contribution in [-0.4, -0.2) is 88.4 Å². The summed E-state index contributed by atoms with van der Waals surface area (Å²) in [6.45, 7) is 17.8. The molecule has 3 fully saturated rings. The second-order valence-electron chi connectivity index (χ2n) is 14.0. The van der Waals surface area contributed by atoms with E-state index < -0.39 is 5.60 Å². The monoisotopic (exact) mass is 673 g/mol. The van der Waals surface area contributed by atoms with Crippen molar-refractivity contribution in [3.8, 4) is 17.3 Å². The zero-order valence-electron chi connectivity index (χ0n) is 31.2. The molecule has 1 N–H and O–H groups in total. The van der Waals surface area contributed by atoms with Gasteiger partial charge in [0.2, 0.25) is 0 Å². The average molecular weight is 674 g/mol. The number of aromatic nitrogens is 3. The normalized spacial score (nSPS) is 23.7. The van der Waals surface area contributed by atoms with E-state index in [4.69, 9.17) is 29.2 Å². The fraction of sp³-hybridized carbons (Fsp3) is 0.600. The van der Waals surface area contributed by atoms with E-state index >= 15 is 0 Å². The van der Waals surface area contributed by atoms with Gasteiger partial charge in [-0.25, -0.2) is 0 Å². The SMILES string of the molecule is C/C=C(\CC)c1ccccc1-c1ncc2c(N3CCC[C@@](C)(O)C3)nc(OC[C@@]34CCCN3C(COC)CC4)nc2c1C.CC=O.CCC. The van der Waals surface area contributed by atoms with Gasteiger partial charge >= 0.3 is 6.01 Å². The summed E-state index contributed by atoms with van der Waals surface area (Å²) in [5.74, 6) is 0.794. The summed E-state index contributed by atoms with van der Waals surface area (Å²) in [4.78, 5) is 28.7. The minimum Gasteiger partial charge on any atom is -0.461 e. The van der Waals surface area contributed by atoms with Crippen LogP contribution in [-0.2, 0) is 9.53 Å². The van der Waals surface area contributed by atoms with Gasteiger partial charge in [-0.2, -0.15) is 9.97 Å². The van der Waals surface area contributed by atoms with Crippen molar-refractivity contribution in [2.24, 2.45) is 0 Å². The third-order valence-electron chi connectivity index (χ3n) is 10.0. The molecule has 0 bridgehead atoms. The number of allylic oxidation sites excluding steroid dienone is 2. The van der Waals surface area contributed by atoms with Gasteiger partial charge in [-0.15, -0.1) is 0 Å². The third-order valence-corrected chi connectivity index (χ3v) is 10.0. The predicted molar refractivity (Wildman–Crippen MR) is 200 cm³/mol. The van der Waals surface area contributed by atoms with Crippen LogP contribution in [0.25, 0.3) is 27.7 Å². The number of hydrogen-bond acceptors (Lipinski definition) is 9. The number of ether oxygens (including phenoxy) is 2. The lowest BCUT2D eigenvalue weighted by atomic mass is 9.93. The first-order valence-electron chi connectivity index (χ1n) is 18.3. The Labute approximate surface area is 294 Å². The Balaban J connectivity index is 0.000000841. The Kier molecular flexibility index (Phi) is 13.7. The summed E-state index contributed by atoms with van der Waals surface area (Å²) in [7, 11) is 1.79. The van der Waals surface area contributed by atoms with E-state index in [-0.39, 0.29) is 5.54 Å². The summed E-state index contributed by atoms with van der Waals surface area (Å²) < 4.78 is 12.1. The molecule has 0 aliphatic carbocycles. The van der Waals surface area contributed by atoms with Crippen LogP contribution in [0.3, 0.4) is 0 Å². The zero-order chi connectivity index (χ0) is 35.6. The molecule has 5 heterocycles. The standard InChI is InChI=1S/C35H47N5O3.C3H8.C2H4O/c1-6-25(7-2)27-12-8-9-13-28(27)30-24(3)31-29(20-36-30)32(39-18-10-15-34(4,41)22-39)38-33(37-31)43-23-35-16-11-19-40(35)26(14-17-35)21-42-5;1-3-2;1-2-3/h6,8-9,12-13,20,26,41H,7,10-11,14-19,21-23H2,1-5H3;3H2,1-2H3;2H,1H3/b25-6+;;/t26?,34-,35+;;/m1../s1. The number of piperidine rings is 1. The molecule has 49 heavy (non-hydrogen) atoms. The van der Waals surface area contributed by atoms with Crippen molar-refractivity contribution >= 4 is 28.6 Å². The molecule has 1 aromatic carbocycles. The highest BCUT2D eigenvalue weighted by atomic mass is 16.5. The van der Waals surface area contributed by atoms with Gasteiger partial charge in [0.1, 0.15) is 18.7 Å². The number of benzene rings is 1. The van der Waals surface area contributed by atoms with E-state index in [2.05, 4.69) is 74.8 Å². The lowest BCUT2D eigenvalue weighted by molar-refractivity contribution is -0.106. The summed E-state index contributed by atoms with van der Waals surface area (Å²) >= 11 is 0. The van der Waals surface area contributed by atoms with Gasteiger partial charge in [0.15, 0.2) is 0 Å². The molecule has 3 saturated heterocycles. The van der Waals surface area contributed by atoms with Crippen LogP contribution in [0.2, 0.25) is 0 Å². The molecule has 9 heteroatoms. The van der Waals surface area contributed by atoms with Crippen molar-refractivity contribution in [1.82, 2.24) is 19.9 Å². The second-order valence-corrected chi connectivity index (χ2v) is 14.0. The molecule has 0 amide bonds. The summed E-state index contributed by atoms with van der Waals surface area (Å²) in [6, 6.07) is 9.35. The van der Waals surface area contributed by atoms with Gasteiger partial charge in [-0.1, -0.05) is 57.5 Å². The molecular weight excluding hydrogens is 614 g/mol. The van der Waals surface area contributed by atoms with Crippen LogP contribution in [0.4, 0.5) is 5.82 Å². The Morgan fingerprint density at radius 2 is 1.80 bits per heavy atom. The Hall–Kier alpha value is -3.40. The number of carbonyl (C=O) groups excluding carboxylic acids is 1. The maximum Gasteiger partial charge on any atom is 0.319 e. The molecule has 3 atom stereocenters. The van der Waals surface area contributed by atoms with E-state index in [9.17, 15) is 5.11 Å². The number of fused-ring (bicyclic) bond motifs is 2. The van der Waals surface area contributed by atoms with Gasteiger partial charge in [-0.05, 0) is 90.3 Å². The maximum atomic E-state index is 11.0.